The second-order valence-electron chi connectivity index (χ2n) is 6.56. The van der Waals surface area contributed by atoms with E-state index in [-0.39, 0.29) is 17.3 Å². The van der Waals surface area contributed by atoms with Crippen LogP contribution in [0, 0.1) is 6.92 Å². The van der Waals surface area contributed by atoms with E-state index in [0.29, 0.717) is 12.2 Å². The van der Waals surface area contributed by atoms with Crippen molar-refractivity contribution in [2.45, 2.75) is 18.4 Å². The number of halogens is 1. The van der Waals surface area contributed by atoms with Crippen molar-refractivity contribution in [3.05, 3.63) is 94.5 Å². The molecule has 3 aromatic carbocycles. The van der Waals surface area contributed by atoms with Gasteiger partial charge in [0.05, 0.1) is 10.6 Å². The third-order valence-corrected chi connectivity index (χ3v) is 6.66. The average Bonchev–Trinajstić information content (AvgIpc) is 2.72. The summed E-state index contributed by atoms with van der Waals surface area (Å²) in [6, 6.07) is 22.9. The van der Waals surface area contributed by atoms with Crippen LogP contribution in [0.1, 0.15) is 11.1 Å². The Balaban J connectivity index is 1.86. The SMILES string of the molecule is Cc1ccc(S(=O)(=O)N(CC(=O)NCc2ccccc2)c2ccc(Br)cc2)cc1. The van der Waals surface area contributed by atoms with Gasteiger partial charge in [0.15, 0.2) is 0 Å². The lowest BCUT2D eigenvalue weighted by atomic mass is 10.2. The molecular formula is C22H21BrN2O3S. The fourth-order valence-corrected chi connectivity index (χ4v) is 4.43. The van der Waals surface area contributed by atoms with Gasteiger partial charge in [-0.1, -0.05) is 64.0 Å². The maximum absolute atomic E-state index is 13.3. The molecule has 0 aliphatic carbocycles. The van der Waals surface area contributed by atoms with E-state index in [9.17, 15) is 13.2 Å². The van der Waals surface area contributed by atoms with E-state index in [4.69, 9.17) is 0 Å². The molecule has 1 N–H and O–H groups in total. The molecule has 0 aliphatic heterocycles. The standard InChI is InChI=1S/C22H21BrN2O3S/c1-17-7-13-21(14-8-17)29(27,28)25(20-11-9-19(23)10-12-20)16-22(26)24-15-18-5-3-2-4-6-18/h2-14H,15-16H2,1H3,(H,24,26). The van der Waals surface area contributed by atoms with Crippen LogP contribution in [0.25, 0.3) is 0 Å². The quantitative estimate of drug-likeness (QED) is 0.558. The van der Waals surface area contributed by atoms with Crippen LogP contribution in [-0.2, 0) is 21.4 Å². The van der Waals surface area contributed by atoms with E-state index in [1.54, 1.807) is 48.5 Å². The lowest BCUT2D eigenvalue weighted by molar-refractivity contribution is -0.119. The number of sulfonamides is 1. The monoisotopic (exact) mass is 472 g/mol. The summed E-state index contributed by atoms with van der Waals surface area (Å²) in [6.07, 6.45) is 0. The summed E-state index contributed by atoms with van der Waals surface area (Å²) in [4.78, 5) is 12.7. The van der Waals surface area contributed by atoms with Gasteiger partial charge in [0, 0.05) is 11.0 Å². The normalized spacial score (nSPS) is 11.1. The van der Waals surface area contributed by atoms with Gasteiger partial charge in [-0.3, -0.25) is 9.10 Å². The van der Waals surface area contributed by atoms with Crippen molar-refractivity contribution in [3.8, 4) is 0 Å². The highest BCUT2D eigenvalue weighted by Crippen LogP contribution is 2.25. The third-order valence-electron chi connectivity index (χ3n) is 4.34. The van der Waals surface area contributed by atoms with E-state index in [1.165, 1.54) is 0 Å². The smallest absolute Gasteiger partial charge is 0.264 e. The van der Waals surface area contributed by atoms with Crippen molar-refractivity contribution in [3.63, 3.8) is 0 Å². The minimum Gasteiger partial charge on any atom is -0.350 e. The first-order chi connectivity index (χ1) is 13.9. The zero-order valence-electron chi connectivity index (χ0n) is 15.9. The van der Waals surface area contributed by atoms with Gasteiger partial charge < -0.3 is 5.32 Å². The second-order valence-corrected chi connectivity index (χ2v) is 9.34. The largest absolute Gasteiger partial charge is 0.350 e. The summed E-state index contributed by atoms with van der Waals surface area (Å²) in [5, 5.41) is 2.79. The first-order valence-corrected chi connectivity index (χ1v) is 11.3. The van der Waals surface area contributed by atoms with Crippen molar-refractivity contribution in [2.75, 3.05) is 10.8 Å². The van der Waals surface area contributed by atoms with Crippen LogP contribution < -0.4 is 9.62 Å². The molecule has 0 aromatic heterocycles. The number of carbonyl (C=O) groups excluding carboxylic acids is 1. The van der Waals surface area contributed by atoms with Gasteiger partial charge in [-0.2, -0.15) is 0 Å². The Kier molecular flexibility index (Phi) is 6.71. The molecule has 3 aromatic rings. The van der Waals surface area contributed by atoms with Crippen molar-refractivity contribution in [2.24, 2.45) is 0 Å². The number of nitrogens with one attached hydrogen (secondary N) is 1. The Labute approximate surface area is 179 Å². The molecule has 0 saturated heterocycles. The van der Waals surface area contributed by atoms with E-state index >= 15 is 0 Å². The van der Waals surface area contributed by atoms with Gasteiger partial charge in [-0.15, -0.1) is 0 Å². The number of anilines is 1. The number of aryl methyl sites for hydroxylation is 1. The molecule has 0 radical (unpaired) electrons. The summed E-state index contributed by atoms with van der Waals surface area (Å²) in [6.45, 7) is 1.91. The lowest BCUT2D eigenvalue weighted by Gasteiger charge is -2.24. The number of benzene rings is 3. The Hall–Kier alpha value is -2.64. The number of carbonyl (C=O) groups is 1. The summed E-state index contributed by atoms with van der Waals surface area (Å²) >= 11 is 3.35. The minimum absolute atomic E-state index is 0.141. The zero-order chi connectivity index (χ0) is 20.9. The van der Waals surface area contributed by atoms with Gasteiger partial charge in [0.25, 0.3) is 10.0 Å². The van der Waals surface area contributed by atoms with Gasteiger partial charge in [-0.25, -0.2) is 8.42 Å². The van der Waals surface area contributed by atoms with Crippen LogP contribution in [0.5, 0.6) is 0 Å². The van der Waals surface area contributed by atoms with Crippen LogP contribution in [-0.4, -0.2) is 20.9 Å². The third kappa shape index (κ3) is 5.46. The molecule has 0 saturated carbocycles. The van der Waals surface area contributed by atoms with E-state index < -0.39 is 10.0 Å². The van der Waals surface area contributed by atoms with Crippen LogP contribution in [0.4, 0.5) is 5.69 Å². The molecule has 7 heteroatoms. The predicted octanol–water partition coefficient (Wildman–Crippen LogP) is 4.27. The maximum Gasteiger partial charge on any atom is 0.264 e. The molecule has 0 aliphatic rings. The molecule has 150 valence electrons. The Bertz CT molecular complexity index is 1070. The van der Waals surface area contributed by atoms with Crippen LogP contribution in [0.2, 0.25) is 0 Å². The van der Waals surface area contributed by atoms with E-state index in [1.807, 2.05) is 37.3 Å². The fourth-order valence-electron chi connectivity index (χ4n) is 2.74. The van der Waals surface area contributed by atoms with Crippen molar-refractivity contribution < 1.29 is 13.2 Å². The maximum atomic E-state index is 13.3. The van der Waals surface area contributed by atoms with E-state index in [0.717, 1.165) is 19.9 Å². The van der Waals surface area contributed by atoms with Gasteiger partial charge in [0.2, 0.25) is 5.91 Å². The molecule has 3 rings (SSSR count). The van der Waals surface area contributed by atoms with Gasteiger partial charge in [-0.05, 0) is 48.9 Å². The highest BCUT2D eigenvalue weighted by Gasteiger charge is 2.27. The molecule has 0 atom stereocenters. The summed E-state index contributed by atoms with van der Waals surface area (Å²) < 4.78 is 28.5. The molecule has 0 fully saturated rings. The Morgan fingerprint density at radius 3 is 2.17 bits per heavy atom. The summed E-state index contributed by atoms with van der Waals surface area (Å²) in [5.74, 6) is -0.382. The van der Waals surface area contributed by atoms with E-state index in [2.05, 4.69) is 21.2 Å². The summed E-state index contributed by atoms with van der Waals surface area (Å²) in [7, 11) is -3.90. The molecule has 0 unspecified atom stereocenters. The number of nitrogens with zero attached hydrogens (tertiary/aromatic N) is 1. The van der Waals surface area contributed by atoms with Crippen LogP contribution in [0.3, 0.4) is 0 Å². The molecule has 29 heavy (non-hydrogen) atoms. The molecule has 1 amide bonds. The van der Waals surface area contributed by atoms with Crippen molar-refractivity contribution >= 4 is 37.5 Å². The van der Waals surface area contributed by atoms with Crippen molar-refractivity contribution in [1.82, 2.24) is 5.32 Å². The Morgan fingerprint density at radius 2 is 1.55 bits per heavy atom. The van der Waals surface area contributed by atoms with Gasteiger partial charge in [0.1, 0.15) is 6.54 Å². The topological polar surface area (TPSA) is 66.5 Å². The number of hydrogen-bond donors (Lipinski definition) is 1. The molecule has 0 spiro atoms. The second kappa shape index (κ2) is 9.24. The average molecular weight is 473 g/mol. The molecule has 5 nitrogen and oxygen atoms in total. The lowest BCUT2D eigenvalue weighted by Crippen LogP contribution is -2.40. The number of hydrogen-bond acceptors (Lipinski definition) is 3. The molecule has 0 bridgehead atoms. The van der Waals surface area contributed by atoms with Gasteiger partial charge >= 0.3 is 0 Å². The Morgan fingerprint density at radius 1 is 0.931 bits per heavy atom. The number of rotatable bonds is 7. The highest BCUT2D eigenvalue weighted by atomic mass is 79.9. The predicted molar refractivity (Wildman–Crippen MR) is 118 cm³/mol. The number of amides is 1. The minimum atomic E-state index is -3.90. The summed E-state index contributed by atoms with van der Waals surface area (Å²) in [5.41, 5.74) is 2.32. The zero-order valence-corrected chi connectivity index (χ0v) is 18.3. The molecular weight excluding hydrogens is 452 g/mol. The van der Waals surface area contributed by atoms with Crippen molar-refractivity contribution in [1.29, 1.82) is 0 Å². The highest BCUT2D eigenvalue weighted by molar-refractivity contribution is 9.10. The first-order valence-electron chi connectivity index (χ1n) is 9.02. The molecule has 0 heterocycles. The van der Waals surface area contributed by atoms with Crippen LogP contribution >= 0.6 is 15.9 Å². The fraction of sp³-hybridized carbons (Fsp3) is 0.136. The van der Waals surface area contributed by atoms with Crippen LogP contribution in [0.15, 0.2) is 88.2 Å². The first kappa shape index (κ1) is 21.1.